The van der Waals surface area contributed by atoms with E-state index in [0.717, 1.165) is 11.3 Å². The molecule has 0 radical (unpaired) electrons. The topological polar surface area (TPSA) is 102 Å². The van der Waals surface area contributed by atoms with Crippen LogP contribution in [0.5, 0.6) is 0 Å². The SMILES string of the molecule is CCn1c(CNC(=O)c2ccc(Cl)c(Cl)c2)nnc1SCC(=O)Nc1nc(-c2ccc(Cl)cc2)cs1. The maximum atomic E-state index is 12.5. The molecule has 2 amide bonds. The second-order valence-electron chi connectivity index (χ2n) is 7.34. The lowest BCUT2D eigenvalue weighted by molar-refractivity contribution is -0.113. The molecule has 0 bridgehead atoms. The van der Waals surface area contributed by atoms with Crippen LogP contribution in [0.2, 0.25) is 15.1 Å². The third kappa shape index (κ3) is 6.57. The first-order valence-corrected chi connectivity index (χ1v) is 13.6. The number of nitrogens with one attached hydrogen (secondary N) is 2. The molecule has 2 aromatic carbocycles. The number of carbonyl (C=O) groups is 2. The molecule has 0 unspecified atom stereocenters. The summed E-state index contributed by atoms with van der Waals surface area (Å²) in [5, 5.41) is 18.2. The molecular weight excluding hydrogens is 563 g/mol. The van der Waals surface area contributed by atoms with Gasteiger partial charge in [-0.1, -0.05) is 58.7 Å². The zero-order valence-corrected chi connectivity index (χ0v) is 22.7. The number of carbonyl (C=O) groups excluding carboxylic acids is 2. The molecule has 0 fully saturated rings. The molecule has 2 N–H and O–H groups in total. The smallest absolute Gasteiger partial charge is 0.251 e. The van der Waals surface area contributed by atoms with Crippen molar-refractivity contribution >= 4 is 74.8 Å². The first-order valence-electron chi connectivity index (χ1n) is 10.6. The van der Waals surface area contributed by atoms with Crippen LogP contribution in [0.1, 0.15) is 23.1 Å². The van der Waals surface area contributed by atoms with Gasteiger partial charge in [0, 0.05) is 28.1 Å². The second kappa shape index (κ2) is 12.1. The molecular formula is C23H19Cl3N6O2S2. The Hall–Kier alpha value is -2.63. The van der Waals surface area contributed by atoms with Gasteiger partial charge in [0.15, 0.2) is 16.1 Å². The van der Waals surface area contributed by atoms with Crippen molar-refractivity contribution in [2.75, 3.05) is 11.1 Å². The number of hydrogen-bond acceptors (Lipinski definition) is 7. The number of rotatable bonds is 9. The molecule has 0 saturated carbocycles. The molecule has 13 heteroatoms. The lowest BCUT2D eigenvalue weighted by Gasteiger charge is -2.09. The Morgan fingerprint density at radius 3 is 2.56 bits per heavy atom. The van der Waals surface area contributed by atoms with Crippen molar-refractivity contribution in [1.29, 1.82) is 0 Å². The molecule has 0 aliphatic carbocycles. The van der Waals surface area contributed by atoms with Gasteiger partial charge < -0.3 is 15.2 Å². The Balaban J connectivity index is 1.31. The maximum Gasteiger partial charge on any atom is 0.251 e. The molecule has 0 aliphatic heterocycles. The first-order chi connectivity index (χ1) is 17.3. The van der Waals surface area contributed by atoms with Gasteiger partial charge in [0.05, 0.1) is 28.0 Å². The average Bonchev–Trinajstić information content (AvgIpc) is 3.49. The van der Waals surface area contributed by atoms with E-state index in [1.807, 2.05) is 29.0 Å². The standard InChI is InChI=1S/C23H19Cl3N6O2S2/c1-2-32-19(10-27-21(34)14-5-8-16(25)17(26)9-14)30-31-23(32)36-12-20(33)29-22-28-18(11-35-22)13-3-6-15(24)7-4-13/h3-9,11H,2,10,12H2,1H3,(H,27,34)(H,28,29,33). The van der Waals surface area contributed by atoms with Gasteiger partial charge in [-0.05, 0) is 37.3 Å². The van der Waals surface area contributed by atoms with Crippen molar-refractivity contribution in [3.63, 3.8) is 0 Å². The van der Waals surface area contributed by atoms with Gasteiger partial charge in [-0.25, -0.2) is 4.98 Å². The minimum absolute atomic E-state index is 0.129. The van der Waals surface area contributed by atoms with E-state index in [2.05, 4.69) is 25.8 Å². The van der Waals surface area contributed by atoms with Gasteiger partial charge in [-0.3, -0.25) is 9.59 Å². The Kier molecular flexibility index (Phi) is 8.86. The van der Waals surface area contributed by atoms with Crippen LogP contribution in [0.3, 0.4) is 0 Å². The van der Waals surface area contributed by atoms with Gasteiger partial charge in [0.25, 0.3) is 5.91 Å². The Morgan fingerprint density at radius 2 is 1.83 bits per heavy atom. The van der Waals surface area contributed by atoms with Crippen molar-refractivity contribution in [2.24, 2.45) is 0 Å². The Labute approximate surface area is 230 Å². The van der Waals surface area contributed by atoms with Crippen molar-refractivity contribution < 1.29 is 9.59 Å². The van der Waals surface area contributed by atoms with Crippen LogP contribution in [0.15, 0.2) is 53.0 Å². The van der Waals surface area contributed by atoms with Gasteiger partial charge in [0.1, 0.15) is 0 Å². The van der Waals surface area contributed by atoms with Gasteiger partial charge in [-0.15, -0.1) is 21.5 Å². The van der Waals surface area contributed by atoms with Crippen LogP contribution in [0, 0.1) is 0 Å². The van der Waals surface area contributed by atoms with Crippen LogP contribution >= 0.6 is 57.9 Å². The van der Waals surface area contributed by atoms with Crippen LogP contribution in [-0.4, -0.2) is 37.3 Å². The van der Waals surface area contributed by atoms with E-state index >= 15 is 0 Å². The highest BCUT2D eigenvalue weighted by molar-refractivity contribution is 7.99. The van der Waals surface area contributed by atoms with Crippen molar-refractivity contribution in [3.8, 4) is 11.3 Å². The predicted octanol–water partition coefficient (Wildman–Crippen LogP) is 6.04. The highest BCUT2D eigenvalue weighted by Gasteiger charge is 2.16. The zero-order valence-electron chi connectivity index (χ0n) is 18.8. The van der Waals surface area contributed by atoms with Gasteiger partial charge >= 0.3 is 0 Å². The summed E-state index contributed by atoms with van der Waals surface area (Å²) in [6.45, 7) is 2.68. The summed E-state index contributed by atoms with van der Waals surface area (Å²) in [5.41, 5.74) is 2.07. The fraction of sp³-hybridized carbons (Fsp3) is 0.174. The fourth-order valence-corrected chi connectivity index (χ4v) is 5.12. The molecule has 8 nitrogen and oxygen atoms in total. The van der Waals surface area contributed by atoms with E-state index in [-0.39, 0.29) is 24.1 Å². The summed E-state index contributed by atoms with van der Waals surface area (Å²) in [7, 11) is 0. The van der Waals surface area contributed by atoms with Gasteiger partial charge in [0.2, 0.25) is 5.91 Å². The minimum Gasteiger partial charge on any atom is -0.345 e. The summed E-state index contributed by atoms with van der Waals surface area (Å²) in [6.07, 6.45) is 0. The second-order valence-corrected chi connectivity index (χ2v) is 10.4. The summed E-state index contributed by atoms with van der Waals surface area (Å²) in [5.74, 6) is 0.177. The van der Waals surface area contributed by atoms with Crippen molar-refractivity contribution in [2.45, 2.75) is 25.2 Å². The highest BCUT2D eigenvalue weighted by atomic mass is 35.5. The molecule has 186 valence electrons. The number of hydrogen-bond donors (Lipinski definition) is 2. The van der Waals surface area contributed by atoms with E-state index in [1.54, 1.807) is 24.3 Å². The Morgan fingerprint density at radius 1 is 1.06 bits per heavy atom. The number of amides is 2. The monoisotopic (exact) mass is 580 g/mol. The predicted molar refractivity (Wildman–Crippen MR) is 145 cm³/mol. The lowest BCUT2D eigenvalue weighted by atomic mass is 10.2. The van der Waals surface area contributed by atoms with E-state index in [0.29, 0.717) is 43.3 Å². The number of thioether (sulfide) groups is 1. The Bertz CT molecular complexity index is 1390. The van der Waals surface area contributed by atoms with E-state index < -0.39 is 0 Å². The summed E-state index contributed by atoms with van der Waals surface area (Å²) < 4.78 is 1.84. The molecule has 4 aromatic rings. The average molecular weight is 582 g/mol. The number of aromatic nitrogens is 4. The number of benzene rings is 2. The van der Waals surface area contributed by atoms with Crippen LogP contribution in [-0.2, 0) is 17.9 Å². The third-order valence-electron chi connectivity index (χ3n) is 4.92. The van der Waals surface area contributed by atoms with Crippen LogP contribution in [0.4, 0.5) is 5.13 Å². The van der Waals surface area contributed by atoms with E-state index in [9.17, 15) is 9.59 Å². The van der Waals surface area contributed by atoms with Crippen LogP contribution in [0.25, 0.3) is 11.3 Å². The largest absolute Gasteiger partial charge is 0.345 e. The lowest BCUT2D eigenvalue weighted by Crippen LogP contribution is -2.24. The third-order valence-corrected chi connectivity index (χ3v) is 7.64. The summed E-state index contributed by atoms with van der Waals surface area (Å²) in [6, 6.07) is 12.0. The maximum absolute atomic E-state index is 12.5. The van der Waals surface area contributed by atoms with Gasteiger partial charge in [-0.2, -0.15) is 0 Å². The number of thiazole rings is 1. The number of nitrogens with zero attached hydrogens (tertiary/aromatic N) is 4. The normalized spacial score (nSPS) is 10.9. The number of halogens is 3. The molecule has 0 aliphatic rings. The quantitative estimate of drug-likeness (QED) is 0.234. The molecule has 36 heavy (non-hydrogen) atoms. The molecule has 0 spiro atoms. The minimum atomic E-state index is -0.311. The molecule has 0 saturated heterocycles. The molecule has 2 heterocycles. The fourth-order valence-electron chi connectivity index (χ4n) is 3.14. The number of anilines is 1. The summed E-state index contributed by atoms with van der Waals surface area (Å²) >= 11 is 20.4. The zero-order chi connectivity index (χ0) is 25.7. The van der Waals surface area contributed by atoms with E-state index in [1.165, 1.54) is 29.2 Å². The molecule has 4 rings (SSSR count). The van der Waals surface area contributed by atoms with Crippen molar-refractivity contribution in [3.05, 3.63) is 74.3 Å². The molecule has 0 atom stereocenters. The van der Waals surface area contributed by atoms with Crippen LogP contribution < -0.4 is 10.6 Å². The molecule has 2 aromatic heterocycles. The van der Waals surface area contributed by atoms with E-state index in [4.69, 9.17) is 34.8 Å². The van der Waals surface area contributed by atoms with Crippen molar-refractivity contribution in [1.82, 2.24) is 25.1 Å². The first kappa shape index (κ1) is 26.4. The highest BCUT2D eigenvalue weighted by Crippen LogP contribution is 2.27. The summed E-state index contributed by atoms with van der Waals surface area (Å²) in [4.78, 5) is 29.4.